The van der Waals surface area contributed by atoms with Gasteiger partial charge in [-0.05, 0) is 31.4 Å². The summed E-state index contributed by atoms with van der Waals surface area (Å²) >= 11 is 7.04. The first kappa shape index (κ1) is 19.1. The predicted molar refractivity (Wildman–Crippen MR) is 98.0 cm³/mol. The lowest BCUT2D eigenvalue weighted by Gasteiger charge is -2.10. The van der Waals surface area contributed by atoms with Crippen molar-refractivity contribution in [1.82, 2.24) is 15.2 Å². The van der Waals surface area contributed by atoms with Gasteiger partial charge in [-0.25, -0.2) is 13.4 Å². The van der Waals surface area contributed by atoms with Crippen LogP contribution in [0.5, 0.6) is 0 Å². The van der Waals surface area contributed by atoms with Gasteiger partial charge in [0.1, 0.15) is 0 Å². The zero-order chi connectivity index (χ0) is 18.7. The fraction of sp³-hybridized carbons (Fsp3) is 0.467. The lowest BCUT2D eigenvalue weighted by Crippen LogP contribution is -2.22. The van der Waals surface area contributed by atoms with E-state index in [2.05, 4.69) is 20.5 Å². The standard InChI is InChI=1S/C15H17ClN4O4S2/c1-9(14(21)18-11-3-2-5-17-13(11)16)25-15-20-19-12(24-15)7-10-4-6-26(22,23)8-10/h2-3,5,9-10H,4,6-8H2,1H3,(H,18,21)/t9-,10+/m0/s1. The molecule has 0 saturated carbocycles. The average Bonchev–Trinajstić information content (AvgIpc) is 3.15. The molecule has 0 unspecified atom stereocenters. The number of carbonyl (C=O) groups excluding carboxylic acids is 1. The van der Waals surface area contributed by atoms with Crippen molar-refractivity contribution in [3.63, 3.8) is 0 Å². The maximum absolute atomic E-state index is 12.3. The third-order valence-corrected chi connectivity index (χ3v) is 6.97. The first-order valence-corrected chi connectivity index (χ1v) is 11.0. The lowest BCUT2D eigenvalue weighted by molar-refractivity contribution is -0.115. The highest BCUT2D eigenvalue weighted by atomic mass is 35.5. The zero-order valence-electron chi connectivity index (χ0n) is 13.9. The molecular weight excluding hydrogens is 400 g/mol. The summed E-state index contributed by atoms with van der Waals surface area (Å²) in [6.07, 6.45) is 2.57. The first-order valence-electron chi connectivity index (χ1n) is 7.93. The molecule has 0 aromatic carbocycles. The fourth-order valence-corrected chi connectivity index (χ4v) is 5.30. The van der Waals surface area contributed by atoms with Crippen LogP contribution >= 0.6 is 23.4 Å². The van der Waals surface area contributed by atoms with Gasteiger partial charge in [-0.1, -0.05) is 23.4 Å². The van der Waals surface area contributed by atoms with E-state index in [0.29, 0.717) is 24.4 Å². The van der Waals surface area contributed by atoms with E-state index in [1.807, 2.05) is 0 Å². The van der Waals surface area contributed by atoms with Gasteiger partial charge in [0, 0.05) is 12.6 Å². The van der Waals surface area contributed by atoms with E-state index in [1.54, 1.807) is 19.1 Å². The molecule has 3 heterocycles. The number of nitrogens with one attached hydrogen (secondary N) is 1. The molecule has 0 spiro atoms. The number of hydrogen-bond acceptors (Lipinski definition) is 8. The van der Waals surface area contributed by atoms with E-state index in [9.17, 15) is 13.2 Å². The van der Waals surface area contributed by atoms with Crippen LogP contribution < -0.4 is 5.32 Å². The Morgan fingerprint density at radius 1 is 1.50 bits per heavy atom. The van der Waals surface area contributed by atoms with Gasteiger partial charge < -0.3 is 9.73 Å². The van der Waals surface area contributed by atoms with Gasteiger partial charge in [-0.15, -0.1) is 10.2 Å². The highest BCUT2D eigenvalue weighted by Gasteiger charge is 2.29. The third-order valence-electron chi connectivity index (χ3n) is 3.90. The number of rotatable bonds is 6. The fourth-order valence-electron chi connectivity index (χ4n) is 2.57. The van der Waals surface area contributed by atoms with E-state index in [0.717, 1.165) is 11.8 Å². The van der Waals surface area contributed by atoms with Crippen molar-refractivity contribution >= 4 is 44.8 Å². The minimum Gasteiger partial charge on any atom is -0.416 e. The highest BCUT2D eigenvalue weighted by Crippen LogP contribution is 2.27. The van der Waals surface area contributed by atoms with Crippen LogP contribution in [-0.4, -0.2) is 46.3 Å². The number of pyridine rings is 1. The number of thioether (sulfide) groups is 1. The number of nitrogens with zero attached hydrogens (tertiary/aromatic N) is 3. The minimum absolute atomic E-state index is 0.00624. The Bertz CT molecular complexity index is 903. The Labute approximate surface area is 160 Å². The van der Waals surface area contributed by atoms with Crippen molar-refractivity contribution in [2.45, 2.75) is 30.2 Å². The monoisotopic (exact) mass is 416 g/mol. The Balaban J connectivity index is 1.55. The molecule has 0 bridgehead atoms. The number of halogens is 1. The quantitative estimate of drug-likeness (QED) is 0.563. The van der Waals surface area contributed by atoms with E-state index in [1.165, 1.54) is 6.20 Å². The van der Waals surface area contributed by atoms with E-state index < -0.39 is 15.1 Å². The van der Waals surface area contributed by atoms with Crippen molar-refractivity contribution in [2.75, 3.05) is 16.8 Å². The van der Waals surface area contributed by atoms with Crippen LogP contribution in [0.2, 0.25) is 5.15 Å². The Kier molecular flexibility index (Phi) is 5.83. The van der Waals surface area contributed by atoms with Crippen LogP contribution in [0.3, 0.4) is 0 Å². The number of aromatic nitrogens is 3. The molecule has 1 fully saturated rings. The van der Waals surface area contributed by atoms with E-state index in [4.69, 9.17) is 16.0 Å². The summed E-state index contributed by atoms with van der Waals surface area (Å²) in [5, 5.41) is 10.5. The summed E-state index contributed by atoms with van der Waals surface area (Å²) < 4.78 is 28.5. The van der Waals surface area contributed by atoms with Crippen molar-refractivity contribution in [3.05, 3.63) is 29.4 Å². The van der Waals surface area contributed by atoms with Crippen LogP contribution in [0.1, 0.15) is 19.2 Å². The molecule has 0 aliphatic carbocycles. The maximum atomic E-state index is 12.3. The van der Waals surface area contributed by atoms with E-state index in [-0.39, 0.29) is 33.7 Å². The van der Waals surface area contributed by atoms with Crippen LogP contribution in [0, 0.1) is 5.92 Å². The smallest absolute Gasteiger partial charge is 0.277 e. The molecule has 2 aromatic heterocycles. The molecule has 2 atom stereocenters. The lowest BCUT2D eigenvalue weighted by atomic mass is 10.1. The number of amides is 1. The van der Waals surface area contributed by atoms with Crippen molar-refractivity contribution in [2.24, 2.45) is 5.92 Å². The van der Waals surface area contributed by atoms with Crippen molar-refractivity contribution in [1.29, 1.82) is 0 Å². The minimum atomic E-state index is -2.94. The van der Waals surface area contributed by atoms with Crippen LogP contribution in [-0.2, 0) is 21.1 Å². The number of anilines is 1. The van der Waals surface area contributed by atoms with Gasteiger partial charge in [0.05, 0.1) is 22.4 Å². The van der Waals surface area contributed by atoms with Gasteiger partial charge in [0.15, 0.2) is 15.0 Å². The number of carbonyl (C=O) groups is 1. The van der Waals surface area contributed by atoms with Gasteiger partial charge >= 0.3 is 0 Å². The molecule has 140 valence electrons. The Morgan fingerprint density at radius 3 is 3.00 bits per heavy atom. The molecule has 3 rings (SSSR count). The van der Waals surface area contributed by atoms with Crippen molar-refractivity contribution < 1.29 is 17.6 Å². The molecular formula is C15H17ClN4O4S2. The second kappa shape index (κ2) is 7.93. The molecule has 1 N–H and O–H groups in total. The van der Waals surface area contributed by atoms with Crippen LogP contribution in [0.4, 0.5) is 5.69 Å². The average molecular weight is 417 g/mol. The molecule has 26 heavy (non-hydrogen) atoms. The third kappa shape index (κ3) is 4.95. The summed E-state index contributed by atoms with van der Waals surface area (Å²) in [4.78, 5) is 16.1. The number of hydrogen-bond donors (Lipinski definition) is 1. The van der Waals surface area contributed by atoms with Gasteiger partial charge in [0.2, 0.25) is 11.8 Å². The van der Waals surface area contributed by atoms with Crippen LogP contribution in [0.25, 0.3) is 0 Å². The Morgan fingerprint density at radius 2 is 2.31 bits per heavy atom. The van der Waals surface area contributed by atoms with E-state index >= 15 is 0 Å². The van der Waals surface area contributed by atoms with Gasteiger partial charge in [-0.3, -0.25) is 4.79 Å². The zero-order valence-corrected chi connectivity index (χ0v) is 16.3. The van der Waals surface area contributed by atoms with Gasteiger partial charge in [0.25, 0.3) is 5.22 Å². The normalized spacial score (nSPS) is 20.0. The second-order valence-electron chi connectivity index (χ2n) is 6.03. The highest BCUT2D eigenvalue weighted by molar-refractivity contribution is 8.00. The Hall–Kier alpha value is -1.65. The molecule has 11 heteroatoms. The molecule has 0 radical (unpaired) electrons. The molecule has 1 saturated heterocycles. The molecule has 8 nitrogen and oxygen atoms in total. The van der Waals surface area contributed by atoms with Crippen LogP contribution in [0.15, 0.2) is 28.0 Å². The number of sulfone groups is 1. The second-order valence-corrected chi connectivity index (χ2v) is 9.90. The molecule has 1 aliphatic rings. The largest absolute Gasteiger partial charge is 0.416 e. The maximum Gasteiger partial charge on any atom is 0.277 e. The summed E-state index contributed by atoms with van der Waals surface area (Å²) in [5.74, 6) is 0.486. The molecule has 1 amide bonds. The summed E-state index contributed by atoms with van der Waals surface area (Å²) in [5.41, 5.74) is 0.431. The summed E-state index contributed by atoms with van der Waals surface area (Å²) in [6.45, 7) is 1.71. The predicted octanol–water partition coefficient (Wildman–Crippen LogP) is 2.21. The SMILES string of the molecule is C[C@H](Sc1nnc(C[C@H]2CCS(=O)(=O)C2)o1)C(=O)Nc1cccnc1Cl. The van der Waals surface area contributed by atoms with Crippen molar-refractivity contribution in [3.8, 4) is 0 Å². The molecule has 2 aromatic rings. The topological polar surface area (TPSA) is 115 Å². The molecule has 1 aliphatic heterocycles. The first-order chi connectivity index (χ1) is 12.3. The summed E-state index contributed by atoms with van der Waals surface area (Å²) in [6, 6.07) is 3.33. The van der Waals surface area contributed by atoms with Gasteiger partial charge in [-0.2, -0.15) is 0 Å². The summed E-state index contributed by atoms with van der Waals surface area (Å²) in [7, 11) is -2.94.